The second kappa shape index (κ2) is 9.82. The van der Waals surface area contributed by atoms with E-state index in [-0.39, 0.29) is 24.7 Å². The van der Waals surface area contributed by atoms with Crippen LogP contribution in [0.2, 0.25) is 0 Å². The van der Waals surface area contributed by atoms with Crippen molar-refractivity contribution >= 4 is 17.7 Å². The molecule has 164 valence electrons. The van der Waals surface area contributed by atoms with Gasteiger partial charge in [-0.2, -0.15) is 0 Å². The number of carbonyl (C=O) groups is 3. The molecule has 2 heterocycles. The van der Waals surface area contributed by atoms with E-state index in [0.717, 1.165) is 5.56 Å². The molecular weight excluding hydrogens is 410 g/mol. The molecule has 1 aromatic heterocycles. The third-order valence-corrected chi connectivity index (χ3v) is 5.11. The number of nitrogens with zero attached hydrogens (tertiary/aromatic N) is 1. The number of nitrogens with one attached hydrogen (secondary N) is 2. The second-order valence-electron chi connectivity index (χ2n) is 7.47. The molecule has 1 atom stereocenters. The van der Waals surface area contributed by atoms with Gasteiger partial charge in [-0.05, 0) is 29.8 Å². The van der Waals surface area contributed by atoms with Crippen LogP contribution in [0.25, 0.3) is 0 Å². The van der Waals surface area contributed by atoms with E-state index in [1.807, 2.05) is 60.7 Å². The van der Waals surface area contributed by atoms with Gasteiger partial charge in [0.2, 0.25) is 11.8 Å². The van der Waals surface area contributed by atoms with E-state index >= 15 is 0 Å². The molecule has 0 spiro atoms. The van der Waals surface area contributed by atoms with Crippen molar-refractivity contribution in [3.63, 3.8) is 0 Å². The van der Waals surface area contributed by atoms with Crippen LogP contribution in [0, 0.1) is 5.92 Å². The number of rotatable bonds is 7. The van der Waals surface area contributed by atoms with E-state index < -0.39 is 17.7 Å². The highest BCUT2D eigenvalue weighted by atomic mass is 16.5. The zero-order chi connectivity index (χ0) is 22.3. The molecule has 0 bridgehead atoms. The first-order valence-electron chi connectivity index (χ1n) is 10.3. The SMILES string of the molecule is O=C(NNC(=O)C1CC(=O)N(Cc2ccccc2)C1)c1ccc(COc2ccccc2)o1. The third-order valence-electron chi connectivity index (χ3n) is 5.11. The van der Waals surface area contributed by atoms with Crippen LogP contribution in [0.3, 0.4) is 0 Å². The van der Waals surface area contributed by atoms with Crippen molar-refractivity contribution in [1.82, 2.24) is 15.8 Å². The van der Waals surface area contributed by atoms with Gasteiger partial charge in [-0.25, -0.2) is 0 Å². The molecule has 32 heavy (non-hydrogen) atoms. The number of likely N-dealkylation sites (tertiary alicyclic amines) is 1. The third kappa shape index (κ3) is 5.34. The minimum absolute atomic E-state index is 0.0464. The topological polar surface area (TPSA) is 101 Å². The average molecular weight is 433 g/mol. The van der Waals surface area contributed by atoms with Crippen molar-refractivity contribution in [2.45, 2.75) is 19.6 Å². The Morgan fingerprint density at radius 2 is 1.69 bits per heavy atom. The largest absolute Gasteiger partial charge is 0.486 e. The second-order valence-corrected chi connectivity index (χ2v) is 7.47. The van der Waals surface area contributed by atoms with E-state index in [4.69, 9.17) is 9.15 Å². The van der Waals surface area contributed by atoms with Gasteiger partial charge in [0.15, 0.2) is 5.76 Å². The van der Waals surface area contributed by atoms with Gasteiger partial charge in [-0.3, -0.25) is 25.2 Å². The highest BCUT2D eigenvalue weighted by molar-refractivity contribution is 5.94. The Bertz CT molecular complexity index is 1080. The Hall–Kier alpha value is -4.07. The maximum atomic E-state index is 12.4. The number of amides is 3. The number of furan rings is 1. The number of ether oxygens (including phenoxy) is 1. The fourth-order valence-electron chi connectivity index (χ4n) is 3.44. The Morgan fingerprint density at radius 1 is 0.969 bits per heavy atom. The van der Waals surface area contributed by atoms with Gasteiger partial charge in [0, 0.05) is 19.5 Å². The smallest absolute Gasteiger partial charge is 0.305 e. The van der Waals surface area contributed by atoms with E-state index in [0.29, 0.717) is 24.6 Å². The molecule has 0 aliphatic carbocycles. The maximum Gasteiger partial charge on any atom is 0.305 e. The molecule has 2 N–H and O–H groups in total. The summed E-state index contributed by atoms with van der Waals surface area (Å²) in [6, 6.07) is 22.0. The van der Waals surface area contributed by atoms with Crippen LogP contribution in [0.5, 0.6) is 5.75 Å². The number of carbonyl (C=O) groups excluding carboxylic acids is 3. The lowest BCUT2D eigenvalue weighted by molar-refractivity contribution is -0.129. The molecule has 2 aromatic carbocycles. The molecular formula is C24H23N3O5. The highest BCUT2D eigenvalue weighted by Crippen LogP contribution is 2.20. The lowest BCUT2D eigenvalue weighted by Gasteiger charge is -2.16. The van der Waals surface area contributed by atoms with Gasteiger partial charge in [0.05, 0.1) is 5.92 Å². The van der Waals surface area contributed by atoms with Crippen molar-refractivity contribution < 1.29 is 23.5 Å². The summed E-state index contributed by atoms with van der Waals surface area (Å²) in [5, 5.41) is 0. The molecule has 4 rings (SSSR count). The summed E-state index contributed by atoms with van der Waals surface area (Å²) >= 11 is 0. The number of para-hydroxylation sites is 1. The summed E-state index contributed by atoms with van der Waals surface area (Å²) in [5.41, 5.74) is 5.73. The molecule has 0 radical (unpaired) electrons. The van der Waals surface area contributed by atoms with Crippen molar-refractivity contribution in [1.29, 1.82) is 0 Å². The number of hydrogen-bond acceptors (Lipinski definition) is 5. The minimum Gasteiger partial charge on any atom is -0.486 e. The van der Waals surface area contributed by atoms with E-state index in [9.17, 15) is 14.4 Å². The van der Waals surface area contributed by atoms with Crippen molar-refractivity contribution in [3.05, 3.63) is 89.9 Å². The molecule has 3 aromatic rings. The van der Waals surface area contributed by atoms with Crippen LogP contribution in [0.1, 0.15) is 28.3 Å². The van der Waals surface area contributed by atoms with Crippen LogP contribution >= 0.6 is 0 Å². The molecule has 8 nitrogen and oxygen atoms in total. The zero-order valence-corrected chi connectivity index (χ0v) is 17.3. The molecule has 1 aliphatic heterocycles. The van der Waals surface area contributed by atoms with Crippen LogP contribution < -0.4 is 15.6 Å². The van der Waals surface area contributed by atoms with Gasteiger partial charge in [-0.1, -0.05) is 48.5 Å². The average Bonchev–Trinajstić information content (AvgIpc) is 3.44. The van der Waals surface area contributed by atoms with E-state index in [1.165, 1.54) is 6.07 Å². The summed E-state index contributed by atoms with van der Waals surface area (Å²) in [4.78, 5) is 38.6. The van der Waals surface area contributed by atoms with Gasteiger partial charge < -0.3 is 14.1 Å². The van der Waals surface area contributed by atoms with E-state index in [2.05, 4.69) is 10.9 Å². The van der Waals surface area contributed by atoms with Gasteiger partial charge >= 0.3 is 5.91 Å². The number of hydrazine groups is 1. The summed E-state index contributed by atoms with van der Waals surface area (Å²) in [6.45, 7) is 0.929. The lowest BCUT2D eigenvalue weighted by Crippen LogP contribution is -2.45. The summed E-state index contributed by atoms with van der Waals surface area (Å²) < 4.78 is 11.1. The van der Waals surface area contributed by atoms with Gasteiger partial charge in [-0.15, -0.1) is 0 Å². The molecule has 1 unspecified atom stereocenters. The van der Waals surface area contributed by atoms with Crippen LogP contribution in [0.4, 0.5) is 0 Å². The van der Waals surface area contributed by atoms with Gasteiger partial charge in [0.25, 0.3) is 0 Å². The minimum atomic E-state index is -0.588. The predicted octanol–water partition coefficient (Wildman–Crippen LogP) is 2.67. The molecule has 0 saturated carbocycles. The summed E-state index contributed by atoms with van der Waals surface area (Å²) in [5.74, 6) is -0.411. The van der Waals surface area contributed by atoms with Crippen molar-refractivity contribution in [3.8, 4) is 5.75 Å². The number of benzene rings is 2. The maximum absolute atomic E-state index is 12.4. The van der Waals surface area contributed by atoms with Crippen LogP contribution in [-0.4, -0.2) is 29.2 Å². The molecule has 1 aliphatic rings. The standard InChI is InChI=1S/C24H23N3O5/c28-22-13-18(15-27(22)14-17-7-3-1-4-8-17)23(29)25-26-24(30)21-12-11-20(32-21)16-31-19-9-5-2-6-10-19/h1-12,18H,13-16H2,(H,25,29)(H,26,30). The first-order valence-corrected chi connectivity index (χ1v) is 10.3. The molecule has 1 fully saturated rings. The van der Waals surface area contributed by atoms with Crippen LogP contribution in [0.15, 0.2) is 77.2 Å². The van der Waals surface area contributed by atoms with Crippen molar-refractivity contribution in [2.24, 2.45) is 5.92 Å². The first kappa shape index (κ1) is 21.2. The Kier molecular flexibility index (Phi) is 6.50. The molecule has 8 heteroatoms. The van der Waals surface area contributed by atoms with Crippen LogP contribution in [-0.2, 0) is 22.7 Å². The lowest BCUT2D eigenvalue weighted by atomic mass is 10.1. The molecule has 3 amide bonds. The summed E-state index contributed by atoms with van der Waals surface area (Å²) in [7, 11) is 0. The fraction of sp³-hybridized carbons (Fsp3) is 0.208. The zero-order valence-electron chi connectivity index (χ0n) is 17.3. The monoisotopic (exact) mass is 433 g/mol. The normalized spacial score (nSPS) is 15.4. The summed E-state index contributed by atoms with van der Waals surface area (Å²) in [6.07, 6.45) is 0.107. The Labute approximate surface area is 185 Å². The fourth-order valence-corrected chi connectivity index (χ4v) is 3.44. The predicted molar refractivity (Wildman–Crippen MR) is 115 cm³/mol. The van der Waals surface area contributed by atoms with E-state index in [1.54, 1.807) is 11.0 Å². The Balaban J connectivity index is 1.24. The van der Waals surface area contributed by atoms with Gasteiger partial charge in [0.1, 0.15) is 18.1 Å². The molecule has 1 saturated heterocycles. The number of hydrogen-bond donors (Lipinski definition) is 2. The Morgan fingerprint density at radius 3 is 2.44 bits per heavy atom. The first-order chi connectivity index (χ1) is 15.6. The highest BCUT2D eigenvalue weighted by Gasteiger charge is 2.34. The quantitative estimate of drug-likeness (QED) is 0.558. The van der Waals surface area contributed by atoms with Crippen molar-refractivity contribution in [2.75, 3.05) is 6.54 Å².